The van der Waals surface area contributed by atoms with Gasteiger partial charge in [-0.1, -0.05) is 54.9 Å². The average Bonchev–Trinajstić information content (AvgIpc) is 2.84. The zero-order chi connectivity index (χ0) is 22.4. The molecule has 1 heterocycles. The Hall–Kier alpha value is -0.650. The van der Waals surface area contributed by atoms with Crippen LogP contribution in [-0.4, -0.2) is 46.2 Å². The SMILES string of the molecule is CCC(=O)OC(C1CC(C)C2C(O1)C(O)C(C)(C(C)CC)C2(C)CC)C(C)(C)O. The summed E-state index contributed by atoms with van der Waals surface area (Å²) in [6.07, 6.45) is 0.825. The van der Waals surface area contributed by atoms with Crippen LogP contribution in [0, 0.1) is 28.6 Å². The van der Waals surface area contributed by atoms with Gasteiger partial charge in [0.25, 0.3) is 0 Å². The summed E-state index contributed by atoms with van der Waals surface area (Å²) in [6.45, 7) is 18.5. The lowest BCUT2D eigenvalue weighted by Crippen LogP contribution is -2.55. The number of hydrogen-bond donors (Lipinski definition) is 2. The molecule has 1 aliphatic heterocycles. The summed E-state index contributed by atoms with van der Waals surface area (Å²) in [7, 11) is 0. The number of ether oxygens (including phenoxy) is 2. The number of fused-ring (bicyclic) bond motifs is 1. The van der Waals surface area contributed by atoms with Crippen molar-refractivity contribution < 1.29 is 24.5 Å². The largest absolute Gasteiger partial charge is 0.457 e. The lowest BCUT2D eigenvalue weighted by molar-refractivity contribution is -0.217. The topological polar surface area (TPSA) is 76.0 Å². The van der Waals surface area contributed by atoms with Gasteiger partial charge < -0.3 is 19.7 Å². The van der Waals surface area contributed by atoms with Crippen molar-refractivity contribution in [3.8, 4) is 0 Å². The fourth-order valence-electron chi connectivity index (χ4n) is 6.47. The third-order valence-corrected chi connectivity index (χ3v) is 8.75. The van der Waals surface area contributed by atoms with Gasteiger partial charge in [0.2, 0.25) is 0 Å². The third-order valence-electron chi connectivity index (χ3n) is 8.75. The summed E-state index contributed by atoms with van der Waals surface area (Å²) in [6, 6.07) is 0. The van der Waals surface area contributed by atoms with Gasteiger partial charge in [0.15, 0.2) is 6.10 Å². The Morgan fingerprint density at radius 2 is 1.86 bits per heavy atom. The van der Waals surface area contributed by atoms with E-state index >= 15 is 0 Å². The molecule has 5 heteroatoms. The molecule has 0 aromatic heterocycles. The maximum Gasteiger partial charge on any atom is 0.305 e. The Labute approximate surface area is 177 Å². The van der Waals surface area contributed by atoms with E-state index in [0.717, 1.165) is 12.8 Å². The highest BCUT2D eigenvalue weighted by atomic mass is 16.6. The molecule has 170 valence electrons. The minimum Gasteiger partial charge on any atom is -0.457 e. The predicted molar refractivity (Wildman–Crippen MR) is 114 cm³/mol. The first-order valence-electron chi connectivity index (χ1n) is 11.5. The number of rotatable bonds is 7. The number of hydrogen-bond acceptors (Lipinski definition) is 5. The van der Waals surface area contributed by atoms with E-state index in [1.807, 2.05) is 0 Å². The zero-order valence-corrected chi connectivity index (χ0v) is 20.0. The number of carbonyl (C=O) groups excluding carboxylic acids is 1. The summed E-state index contributed by atoms with van der Waals surface area (Å²) < 4.78 is 12.2. The summed E-state index contributed by atoms with van der Waals surface area (Å²) in [4.78, 5) is 12.0. The van der Waals surface area contributed by atoms with Crippen molar-refractivity contribution >= 4 is 5.97 Å². The molecule has 9 unspecified atom stereocenters. The van der Waals surface area contributed by atoms with E-state index in [-0.39, 0.29) is 41.2 Å². The first kappa shape index (κ1) is 24.6. The first-order valence-corrected chi connectivity index (χ1v) is 11.5. The molecule has 5 nitrogen and oxygen atoms in total. The molecule has 29 heavy (non-hydrogen) atoms. The van der Waals surface area contributed by atoms with Crippen LogP contribution in [-0.2, 0) is 14.3 Å². The molecular formula is C24H44O5. The van der Waals surface area contributed by atoms with E-state index in [9.17, 15) is 15.0 Å². The minimum atomic E-state index is -1.22. The second kappa shape index (κ2) is 8.47. The Bertz CT molecular complexity index is 584. The van der Waals surface area contributed by atoms with Crippen molar-refractivity contribution in [2.45, 2.75) is 118 Å². The molecule has 2 N–H and O–H groups in total. The van der Waals surface area contributed by atoms with Crippen LogP contribution >= 0.6 is 0 Å². The minimum absolute atomic E-state index is 0.0543. The zero-order valence-electron chi connectivity index (χ0n) is 20.0. The molecule has 0 aromatic carbocycles. The van der Waals surface area contributed by atoms with Crippen LogP contribution in [0.5, 0.6) is 0 Å². The maximum absolute atomic E-state index is 12.0. The molecule has 0 spiro atoms. The molecule has 0 amide bonds. The van der Waals surface area contributed by atoms with Crippen molar-refractivity contribution in [1.82, 2.24) is 0 Å². The summed E-state index contributed by atoms with van der Waals surface area (Å²) in [5.41, 5.74) is -1.54. The smallest absolute Gasteiger partial charge is 0.305 e. The number of esters is 1. The quantitative estimate of drug-likeness (QED) is 0.609. The summed E-state index contributed by atoms with van der Waals surface area (Å²) in [5, 5.41) is 22.3. The van der Waals surface area contributed by atoms with Gasteiger partial charge in [-0.25, -0.2) is 0 Å². The standard InChI is InChI=1S/C24H44O5/c1-10-15(5)24(9)20(26)19-18(23(24,8)12-3)14(4)13-16(28-19)21(22(6,7)27)29-17(25)11-2/h14-16,18-21,26-27H,10-13H2,1-9H3. The van der Waals surface area contributed by atoms with E-state index in [0.29, 0.717) is 12.3 Å². The average molecular weight is 413 g/mol. The monoisotopic (exact) mass is 412 g/mol. The lowest BCUT2D eigenvalue weighted by atomic mass is 9.55. The number of aliphatic hydroxyl groups is 2. The summed E-state index contributed by atoms with van der Waals surface area (Å²) >= 11 is 0. The van der Waals surface area contributed by atoms with E-state index in [1.165, 1.54) is 0 Å². The second-order valence-electron chi connectivity index (χ2n) is 10.6. The maximum atomic E-state index is 12.0. The van der Waals surface area contributed by atoms with Crippen LogP contribution in [0.2, 0.25) is 0 Å². The second-order valence-corrected chi connectivity index (χ2v) is 10.6. The van der Waals surface area contributed by atoms with Gasteiger partial charge in [0.1, 0.15) is 0 Å². The molecule has 1 saturated carbocycles. The molecule has 9 atom stereocenters. The van der Waals surface area contributed by atoms with Crippen molar-refractivity contribution in [1.29, 1.82) is 0 Å². The predicted octanol–water partition coefficient (Wildman–Crippen LogP) is 4.33. The molecule has 0 bridgehead atoms. The fraction of sp³-hybridized carbons (Fsp3) is 0.958. The highest BCUT2D eigenvalue weighted by Crippen LogP contribution is 2.66. The van der Waals surface area contributed by atoms with E-state index < -0.39 is 23.9 Å². The molecule has 2 fully saturated rings. The molecular weight excluding hydrogens is 368 g/mol. The molecule has 1 aliphatic carbocycles. The highest BCUT2D eigenvalue weighted by molar-refractivity contribution is 5.69. The van der Waals surface area contributed by atoms with Gasteiger partial charge in [-0.15, -0.1) is 0 Å². The highest BCUT2D eigenvalue weighted by Gasteiger charge is 2.68. The molecule has 2 rings (SSSR count). The third kappa shape index (κ3) is 3.87. The fourth-order valence-corrected chi connectivity index (χ4v) is 6.47. The molecule has 2 aliphatic rings. The van der Waals surface area contributed by atoms with Gasteiger partial charge >= 0.3 is 5.97 Å². The Kier molecular flexibility index (Phi) is 7.19. The van der Waals surface area contributed by atoms with Crippen molar-refractivity contribution in [2.24, 2.45) is 28.6 Å². The van der Waals surface area contributed by atoms with Crippen LogP contribution in [0.15, 0.2) is 0 Å². The molecule has 0 radical (unpaired) electrons. The van der Waals surface area contributed by atoms with Gasteiger partial charge in [-0.3, -0.25) is 4.79 Å². The van der Waals surface area contributed by atoms with Crippen LogP contribution in [0.3, 0.4) is 0 Å². The molecule has 0 aromatic rings. The normalized spacial score (nSPS) is 42.2. The van der Waals surface area contributed by atoms with Gasteiger partial charge in [0, 0.05) is 11.8 Å². The Morgan fingerprint density at radius 3 is 2.31 bits per heavy atom. The van der Waals surface area contributed by atoms with Crippen LogP contribution in [0.1, 0.15) is 88.0 Å². The number of aliphatic hydroxyl groups excluding tert-OH is 1. The van der Waals surface area contributed by atoms with Gasteiger partial charge in [-0.05, 0) is 49.9 Å². The molecule has 1 saturated heterocycles. The first-order chi connectivity index (χ1) is 13.3. The van der Waals surface area contributed by atoms with Crippen LogP contribution < -0.4 is 0 Å². The Morgan fingerprint density at radius 1 is 1.28 bits per heavy atom. The van der Waals surface area contributed by atoms with Crippen LogP contribution in [0.25, 0.3) is 0 Å². The summed E-state index contributed by atoms with van der Waals surface area (Å²) in [5.74, 6) is 0.520. The Balaban J connectivity index is 2.43. The van der Waals surface area contributed by atoms with Gasteiger partial charge in [0.05, 0.1) is 23.9 Å². The lowest BCUT2D eigenvalue weighted by Gasteiger charge is -2.51. The van der Waals surface area contributed by atoms with E-state index in [4.69, 9.17) is 9.47 Å². The van der Waals surface area contributed by atoms with Crippen molar-refractivity contribution in [3.63, 3.8) is 0 Å². The van der Waals surface area contributed by atoms with E-state index in [2.05, 4.69) is 41.5 Å². The number of carbonyl (C=O) groups is 1. The van der Waals surface area contributed by atoms with Gasteiger partial charge in [-0.2, -0.15) is 0 Å². The van der Waals surface area contributed by atoms with Crippen LogP contribution in [0.4, 0.5) is 0 Å². The van der Waals surface area contributed by atoms with E-state index in [1.54, 1.807) is 20.8 Å². The van der Waals surface area contributed by atoms with Crippen molar-refractivity contribution in [2.75, 3.05) is 0 Å². The van der Waals surface area contributed by atoms with Crippen molar-refractivity contribution in [3.05, 3.63) is 0 Å².